The lowest BCUT2D eigenvalue weighted by atomic mass is 10.1. The normalized spacial score (nSPS) is 13.0. The van der Waals surface area contributed by atoms with Crippen LogP contribution in [0.1, 0.15) is 12.5 Å². The molecule has 0 spiro atoms. The molecule has 0 radical (unpaired) electrons. The molecule has 1 nitrogen and oxygen atoms in total. The van der Waals surface area contributed by atoms with Crippen LogP contribution in [0.2, 0.25) is 5.02 Å². The zero-order chi connectivity index (χ0) is 10.0. The van der Waals surface area contributed by atoms with Gasteiger partial charge in [0.25, 0.3) is 0 Å². The van der Waals surface area contributed by atoms with Crippen molar-refractivity contribution in [2.75, 3.05) is 0 Å². The van der Waals surface area contributed by atoms with Gasteiger partial charge in [0, 0.05) is 6.42 Å². The maximum atomic E-state index is 13.1. The van der Waals surface area contributed by atoms with E-state index in [1.165, 1.54) is 13.0 Å². The Kier molecular flexibility index (Phi) is 3.22. The van der Waals surface area contributed by atoms with E-state index in [1.807, 2.05) is 0 Å². The van der Waals surface area contributed by atoms with E-state index in [0.29, 0.717) is 0 Å². The van der Waals surface area contributed by atoms with Crippen molar-refractivity contribution in [2.45, 2.75) is 19.4 Å². The first kappa shape index (κ1) is 10.4. The number of aliphatic hydroxyl groups is 1. The van der Waals surface area contributed by atoms with E-state index < -0.39 is 22.8 Å². The van der Waals surface area contributed by atoms with Gasteiger partial charge < -0.3 is 5.11 Å². The Morgan fingerprint density at radius 1 is 1.46 bits per heavy atom. The van der Waals surface area contributed by atoms with Crippen LogP contribution in [-0.2, 0) is 6.42 Å². The second kappa shape index (κ2) is 4.03. The Balaban J connectivity index is 3.04. The number of hydrogen-bond acceptors (Lipinski definition) is 1. The SMILES string of the molecule is CC(O)Cc1ccc(F)c(Cl)c1F. The largest absolute Gasteiger partial charge is 0.393 e. The van der Waals surface area contributed by atoms with Crippen LogP contribution in [0.15, 0.2) is 12.1 Å². The molecule has 13 heavy (non-hydrogen) atoms. The van der Waals surface area contributed by atoms with Crippen molar-refractivity contribution < 1.29 is 13.9 Å². The molecule has 1 aromatic rings. The molecule has 4 heteroatoms. The molecule has 0 fully saturated rings. The predicted octanol–water partition coefficient (Wildman–Crippen LogP) is 2.54. The Labute approximate surface area is 80.0 Å². The highest BCUT2D eigenvalue weighted by Gasteiger charge is 2.12. The average molecular weight is 207 g/mol. The van der Waals surface area contributed by atoms with Gasteiger partial charge >= 0.3 is 0 Å². The van der Waals surface area contributed by atoms with E-state index in [1.54, 1.807) is 0 Å². The molecule has 0 saturated carbocycles. The first-order chi connectivity index (χ1) is 6.02. The fraction of sp³-hybridized carbons (Fsp3) is 0.333. The van der Waals surface area contributed by atoms with Gasteiger partial charge in [-0.15, -0.1) is 0 Å². The number of halogens is 3. The van der Waals surface area contributed by atoms with Gasteiger partial charge in [-0.05, 0) is 18.6 Å². The van der Waals surface area contributed by atoms with Crippen molar-refractivity contribution in [3.8, 4) is 0 Å². The van der Waals surface area contributed by atoms with Gasteiger partial charge in [0.2, 0.25) is 0 Å². The average Bonchev–Trinajstić information content (AvgIpc) is 2.06. The fourth-order valence-electron chi connectivity index (χ4n) is 1.04. The monoisotopic (exact) mass is 206 g/mol. The quantitative estimate of drug-likeness (QED) is 0.738. The minimum absolute atomic E-state index is 0.131. The molecular formula is C9H9ClF2O. The van der Waals surface area contributed by atoms with Crippen LogP contribution in [-0.4, -0.2) is 11.2 Å². The van der Waals surface area contributed by atoms with E-state index in [9.17, 15) is 8.78 Å². The van der Waals surface area contributed by atoms with Crippen LogP contribution >= 0.6 is 11.6 Å². The van der Waals surface area contributed by atoms with Gasteiger partial charge in [-0.2, -0.15) is 0 Å². The molecule has 0 bridgehead atoms. The van der Waals surface area contributed by atoms with Gasteiger partial charge in [0.1, 0.15) is 16.7 Å². The molecule has 0 saturated heterocycles. The fourth-order valence-corrected chi connectivity index (χ4v) is 1.23. The van der Waals surface area contributed by atoms with Gasteiger partial charge in [0.05, 0.1) is 6.10 Å². The summed E-state index contributed by atoms with van der Waals surface area (Å²) in [6.45, 7) is 1.52. The van der Waals surface area contributed by atoms with Gasteiger partial charge in [-0.1, -0.05) is 17.7 Å². The zero-order valence-electron chi connectivity index (χ0n) is 7.02. The van der Waals surface area contributed by atoms with E-state index in [4.69, 9.17) is 16.7 Å². The number of benzene rings is 1. The van der Waals surface area contributed by atoms with Crippen molar-refractivity contribution in [2.24, 2.45) is 0 Å². The summed E-state index contributed by atoms with van der Waals surface area (Å²) in [5, 5.41) is 8.47. The Bertz CT molecular complexity index is 313. The maximum absolute atomic E-state index is 13.1. The summed E-state index contributed by atoms with van der Waals surface area (Å²) >= 11 is 5.33. The van der Waals surface area contributed by atoms with Crippen LogP contribution in [0, 0.1) is 11.6 Å². The second-order valence-corrected chi connectivity index (χ2v) is 3.27. The Morgan fingerprint density at radius 3 is 2.62 bits per heavy atom. The van der Waals surface area contributed by atoms with Crippen LogP contribution in [0.4, 0.5) is 8.78 Å². The topological polar surface area (TPSA) is 20.2 Å². The highest BCUT2D eigenvalue weighted by atomic mass is 35.5. The molecule has 1 unspecified atom stereocenters. The zero-order valence-corrected chi connectivity index (χ0v) is 7.78. The third-order valence-electron chi connectivity index (χ3n) is 1.63. The van der Waals surface area contributed by atoms with Crippen molar-refractivity contribution in [1.82, 2.24) is 0 Å². The summed E-state index contributed by atoms with van der Waals surface area (Å²) in [7, 11) is 0. The summed E-state index contributed by atoms with van der Waals surface area (Å²) in [6.07, 6.45) is -0.540. The van der Waals surface area contributed by atoms with Gasteiger partial charge in [-0.3, -0.25) is 0 Å². The van der Waals surface area contributed by atoms with E-state index in [2.05, 4.69) is 0 Å². The number of aliphatic hydroxyl groups excluding tert-OH is 1. The molecular weight excluding hydrogens is 198 g/mol. The third kappa shape index (κ3) is 2.39. The van der Waals surface area contributed by atoms with Crippen molar-refractivity contribution >= 4 is 11.6 Å². The summed E-state index contributed by atoms with van der Waals surface area (Å²) in [6, 6.07) is 2.37. The van der Waals surface area contributed by atoms with Gasteiger partial charge in [0.15, 0.2) is 0 Å². The summed E-state index contributed by atoms with van der Waals surface area (Å²) in [4.78, 5) is 0. The predicted molar refractivity (Wildman–Crippen MR) is 46.8 cm³/mol. The van der Waals surface area contributed by atoms with E-state index in [-0.39, 0.29) is 12.0 Å². The molecule has 1 rings (SSSR count). The van der Waals surface area contributed by atoms with Crippen molar-refractivity contribution in [1.29, 1.82) is 0 Å². The molecule has 72 valence electrons. The molecule has 1 atom stereocenters. The highest BCUT2D eigenvalue weighted by molar-refractivity contribution is 6.30. The lowest BCUT2D eigenvalue weighted by Crippen LogP contribution is -2.06. The van der Waals surface area contributed by atoms with Crippen molar-refractivity contribution in [3.63, 3.8) is 0 Å². The molecule has 1 N–H and O–H groups in total. The van der Waals surface area contributed by atoms with Crippen molar-refractivity contribution in [3.05, 3.63) is 34.4 Å². The van der Waals surface area contributed by atoms with E-state index >= 15 is 0 Å². The minimum atomic E-state index is -0.789. The molecule has 0 amide bonds. The summed E-state index contributed by atoms with van der Waals surface area (Å²) in [5.74, 6) is -1.57. The standard InChI is InChI=1S/C9H9ClF2O/c1-5(13)4-6-2-3-7(11)8(10)9(6)12/h2-3,5,13H,4H2,1H3. The first-order valence-corrected chi connectivity index (χ1v) is 4.20. The molecule has 0 aliphatic carbocycles. The van der Waals surface area contributed by atoms with E-state index in [0.717, 1.165) is 6.07 Å². The minimum Gasteiger partial charge on any atom is -0.393 e. The van der Waals surface area contributed by atoms with Crippen LogP contribution in [0.3, 0.4) is 0 Å². The second-order valence-electron chi connectivity index (χ2n) is 2.89. The number of rotatable bonds is 2. The lowest BCUT2D eigenvalue weighted by molar-refractivity contribution is 0.194. The summed E-state index contributed by atoms with van der Waals surface area (Å²) < 4.78 is 25.8. The van der Waals surface area contributed by atoms with Crippen LogP contribution in [0.5, 0.6) is 0 Å². The highest BCUT2D eigenvalue weighted by Crippen LogP contribution is 2.22. The van der Waals surface area contributed by atoms with Gasteiger partial charge in [-0.25, -0.2) is 8.78 Å². The molecule has 0 aromatic heterocycles. The maximum Gasteiger partial charge on any atom is 0.148 e. The molecule has 1 aromatic carbocycles. The molecule has 0 aliphatic rings. The smallest absolute Gasteiger partial charge is 0.148 e. The number of hydrogen-bond donors (Lipinski definition) is 1. The Hall–Kier alpha value is -0.670. The summed E-state index contributed by atoms with van der Waals surface area (Å²) in [5.41, 5.74) is 0.224. The Morgan fingerprint density at radius 2 is 2.08 bits per heavy atom. The molecule has 0 heterocycles. The molecule has 0 aliphatic heterocycles. The first-order valence-electron chi connectivity index (χ1n) is 3.82. The van der Waals surface area contributed by atoms with Crippen LogP contribution < -0.4 is 0 Å². The third-order valence-corrected chi connectivity index (χ3v) is 1.98. The lowest BCUT2D eigenvalue weighted by Gasteiger charge is -2.06. The van der Waals surface area contributed by atoms with Crippen LogP contribution in [0.25, 0.3) is 0 Å².